The number of thiol groups is 1. The third-order valence-corrected chi connectivity index (χ3v) is 23.5. The van der Waals surface area contributed by atoms with Gasteiger partial charge in [0.25, 0.3) is 0 Å². The summed E-state index contributed by atoms with van der Waals surface area (Å²) in [7, 11) is 0. The van der Waals surface area contributed by atoms with Crippen LogP contribution in [0.15, 0.2) is 202 Å². The Hall–Kier alpha value is -5.93. The molecule has 2 aliphatic heterocycles. The van der Waals surface area contributed by atoms with Crippen LogP contribution in [0.5, 0.6) is 11.5 Å². The zero-order chi connectivity index (χ0) is 45.7. The van der Waals surface area contributed by atoms with Crippen molar-refractivity contribution in [2.24, 2.45) is 0 Å². The molecule has 13 rings (SSSR count). The highest BCUT2D eigenvalue weighted by Gasteiger charge is 2.51. The van der Waals surface area contributed by atoms with Crippen LogP contribution in [-0.2, 0) is 16.2 Å². The molecule has 8 aromatic carbocycles. The van der Waals surface area contributed by atoms with Crippen molar-refractivity contribution in [2.75, 3.05) is 12.5 Å². The zero-order valence-electron chi connectivity index (χ0n) is 38.4. The van der Waals surface area contributed by atoms with E-state index in [9.17, 15) is 0 Å². The summed E-state index contributed by atoms with van der Waals surface area (Å²) in [4.78, 5) is 15.8. The first-order valence-electron chi connectivity index (χ1n) is 23.2. The minimum atomic E-state index is -2.65. The lowest BCUT2D eigenvalue weighted by Gasteiger charge is -2.54. The Bertz CT molecular complexity index is 3550. The summed E-state index contributed by atoms with van der Waals surface area (Å²) in [5, 5.41) is 0. The molecule has 0 amide bonds. The van der Waals surface area contributed by atoms with Gasteiger partial charge in [-0.3, -0.25) is 0 Å². The molecule has 9 aromatic rings. The Labute approximate surface area is 410 Å². The molecule has 3 heterocycles. The van der Waals surface area contributed by atoms with Gasteiger partial charge >= 0.3 is 0 Å². The van der Waals surface area contributed by atoms with E-state index in [-0.39, 0.29) is 10.8 Å². The SMILES string of the molecule is CC1(C)c2cccc(-c3ccnc(-c4ccc5c(c4)C(c4ccccc4)(c4ccccc4)c4ccc6c(c4-5)Oc4ccccc4[SH]6(C)(C)I)n3)c2Sc2c1ccc1c2-c2ccccc2C1(C)C. The molecule has 67 heavy (non-hydrogen) atoms. The molecule has 0 bridgehead atoms. The number of hydrogen-bond donors (Lipinski definition) is 1. The first-order valence-corrected chi connectivity index (χ1v) is 29.9. The highest BCUT2D eigenvalue weighted by atomic mass is 127. The van der Waals surface area contributed by atoms with E-state index >= 15 is 0 Å². The molecule has 3 nitrogen and oxygen atoms in total. The van der Waals surface area contributed by atoms with Crippen molar-refractivity contribution in [1.29, 1.82) is 0 Å². The molecule has 328 valence electrons. The van der Waals surface area contributed by atoms with Gasteiger partial charge in [-0.2, -0.15) is 6.33 Å². The van der Waals surface area contributed by atoms with Gasteiger partial charge in [0.15, 0.2) is 5.82 Å². The van der Waals surface area contributed by atoms with E-state index in [2.05, 4.69) is 237 Å². The van der Waals surface area contributed by atoms with Crippen LogP contribution in [0.2, 0.25) is 0 Å². The van der Waals surface area contributed by atoms with E-state index in [4.69, 9.17) is 14.7 Å². The molecule has 6 heteroatoms. The van der Waals surface area contributed by atoms with Crippen LogP contribution in [0.25, 0.3) is 44.9 Å². The molecule has 0 N–H and O–H groups in total. The minimum absolute atomic E-state index is 0.0727. The van der Waals surface area contributed by atoms with Gasteiger partial charge < -0.3 is 4.74 Å². The van der Waals surface area contributed by atoms with Gasteiger partial charge in [-0.05, 0) is 120 Å². The van der Waals surface area contributed by atoms with Gasteiger partial charge in [0.1, 0.15) is 11.5 Å². The summed E-state index contributed by atoms with van der Waals surface area (Å²) >= 11 is 4.70. The predicted molar refractivity (Wildman–Crippen MR) is 288 cm³/mol. The highest BCUT2D eigenvalue weighted by Crippen LogP contribution is 2.87. The number of hydrogen-bond acceptors (Lipinski definition) is 4. The summed E-state index contributed by atoms with van der Waals surface area (Å²) < 4.78 is 7.16. The average molecular weight is 1020 g/mol. The standard InChI is InChI=1S/C61H49IN2OS2/c1-59(2)43-24-14-13-22-40(43)54-44(59)30-31-47-57(54)66-56-42(23-17-25-46(56)60(47,3)4)49-34-35-63-58(64-49)37-28-29-41-48(36-37)61(38-18-9-7-10-19-38,39-20-11-8-12-21-39)45-32-33-52-55(53(41)45)65-50-26-15-16-27-51(50)67(52,5,6)62/h7-36,67H,1-6H3. The van der Waals surface area contributed by atoms with Crippen molar-refractivity contribution < 1.29 is 4.74 Å². The second kappa shape index (κ2) is 14.1. The maximum atomic E-state index is 7.16. The third-order valence-electron chi connectivity index (χ3n) is 15.6. The van der Waals surface area contributed by atoms with E-state index in [1.54, 1.807) is 0 Å². The molecular weight excluding hydrogens is 968 g/mol. The number of para-hydroxylation sites is 1. The second-order valence-electron chi connectivity index (χ2n) is 20.3. The monoisotopic (exact) mass is 1020 g/mol. The van der Waals surface area contributed by atoms with Crippen molar-refractivity contribution in [1.82, 2.24) is 9.97 Å². The van der Waals surface area contributed by atoms with Crippen LogP contribution in [0.3, 0.4) is 0 Å². The number of rotatable bonds is 4. The van der Waals surface area contributed by atoms with Crippen molar-refractivity contribution in [3.63, 3.8) is 0 Å². The smallest absolute Gasteiger partial charge is 0.159 e. The fourth-order valence-electron chi connectivity index (χ4n) is 12.2. The lowest BCUT2D eigenvalue weighted by molar-refractivity contribution is 0.454. The van der Waals surface area contributed by atoms with Crippen LogP contribution in [0.4, 0.5) is 0 Å². The Morgan fingerprint density at radius 1 is 0.507 bits per heavy atom. The highest BCUT2D eigenvalue weighted by molar-refractivity contribution is 14.2. The number of aromatic nitrogens is 2. The molecule has 0 atom stereocenters. The molecule has 0 radical (unpaired) electrons. The Morgan fingerprint density at radius 2 is 1.12 bits per heavy atom. The lowest BCUT2D eigenvalue weighted by atomic mass is 9.67. The quantitative estimate of drug-likeness (QED) is 0.141. The summed E-state index contributed by atoms with van der Waals surface area (Å²) in [5.41, 5.74) is 17.5. The molecule has 4 aliphatic rings. The first kappa shape index (κ1) is 41.3. The van der Waals surface area contributed by atoms with E-state index in [1.807, 2.05) is 18.0 Å². The lowest BCUT2D eigenvalue weighted by Crippen LogP contribution is -2.28. The molecule has 0 fully saturated rings. The Balaban J connectivity index is 1.00. The molecular formula is C61H49IN2OS2. The number of nitrogens with zero attached hydrogens (tertiary/aromatic N) is 2. The van der Waals surface area contributed by atoms with Crippen molar-refractivity contribution >= 4 is 39.3 Å². The van der Waals surface area contributed by atoms with Gasteiger partial charge in [-0.25, -0.2) is 9.97 Å². The molecule has 0 unspecified atom stereocenters. The largest absolute Gasteiger partial charge is 0.455 e. The van der Waals surface area contributed by atoms with Crippen LogP contribution in [-0.4, -0.2) is 22.5 Å². The van der Waals surface area contributed by atoms with Gasteiger partial charge in [0.05, 0.1) is 11.1 Å². The van der Waals surface area contributed by atoms with Crippen molar-refractivity contribution in [3.8, 4) is 56.4 Å². The number of halogens is 1. The summed E-state index contributed by atoms with van der Waals surface area (Å²) in [6, 6.07) is 65.0. The van der Waals surface area contributed by atoms with Crippen molar-refractivity contribution in [2.45, 2.75) is 63.5 Å². The molecule has 2 aliphatic carbocycles. The summed E-state index contributed by atoms with van der Waals surface area (Å²) in [6.45, 7) is 9.51. The molecule has 1 aromatic heterocycles. The van der Waals surface area contributed by atoms with Crippen LogP contribution in [0, 0.1) is 0 Å². The number of ether oxygens (including phenoxy) is 1. The maximum absolute atomic E-state index is 7.16. The first-order chi connectivity index (χ1) is 32.3. The normalized spacial score (nSPS) is 17.9. The van der Waals surface area contributed by atoms with E-state index in [1.165, 1.54) is 86.3 Å². The van der Waals surface area contributed by atoms with E-state index in [0.717, 1.165) is 28.3 Å². The van der Waals surface area contributed by atoms with E-state index in [0.29, 0.717) is 5.82 Å². The summed E-state index contributed by atoms with van der Waals surface area (Å²) in [5.74, 6) is 2.63. The van der Waals surface area contributed by atoms with Gasteiger partial charge in [0.2, 0.25) is 0 Å². The van der Waals surface area contributed by atoms with Crippen molar-refractivity contribution in [3.05, 3.63) is 227 Å². The van der Waals surface area contributed by atoms with Gasteiger partial charge in [-0.1, -0.05) is 185 Å². The third kappa shape index (κ3) is 5.55. The Morgan fingerprint density at radius 3 is 1.90 bits per heavy atom. The average Bonchev–Trinajstić information content (AvgIpc) is 3.77. The number of benzene rings is 8. The molecule has 0 spiro atoms. The minimum Gasteiger partial charge on any atom is -0.455 e. The van der Waals surface area contributed by atoms with Gasteiger partial charge in [-0.15, -0.1) is 0 Å². The molecule has 0 saturated carbocycles. The Kier molecular flexibility index (Phi) is 8.66. The number of fused-ring (bicyclic) bond motifs is 12. The van der Waals surface area contributed by atoms with E-state index < -0.39 is 11.7 Å². The van der Waals surface area contributed by atoms with Crippen LogP contribution >= 0.6 is 39.3 Å². The fraction of sp³-hybridized carbons (Fsp3) is 0.148. The molecule has 0 saturated heterocycles. The predicted octanol–water partition coefficient (Wildman–Crippen LogP) is 16.5. The maximum Gasteiger partial charge on any atom is 0.159 e. The zero-order valence-corrected chi connectivity index (χ0v) is 42.2. The summed E-state index contributed by atoms with van der Waals surface area (Å²) in [6.07, 6.45) is 4.20. The topological polar surface area (TPSA) is 35.0 Å². The second-order valence-corrected chi connectivity index (χ2v) is 34.9. The fourth-order valence-corrected chi connectivity index (χ4v) is 19.0. The van der Waals surface area contributed by atoms with Gasteiger partial charge in [0, 0.05) is 58.9 Å². The van der Waals surface area contributed by atoms with Crippen LogP contribution in [0.1, 0.15) is 72.2 Å². The van der Waals surface area contributed by atoms with Crippen LogP contribution < -0.4 is 4.74 Å².